The van der Waals surface area contributed by atoms with Crippen LogP contribution < -0.4 is 6.15 Å². The van der Waals surface area contributed by atoms with E-state index in [1.54, 1.807) is 0 Å². The van der Waals surface area contributed by atoms with Crippen LogP contribution in [0.2, 0.25) is 0 Å². The van der Waals surface area contributed by atoms with Crippen LogP contribution in [0.3, 0.4) is 0 Å². The first-order valence-electron chi connectivity index (χ1n) is 2.72. The van der Waals surface area contributed by atoms with Gasteiger partial charge in [-0.2, -0.15) is 0 Å². The van der Waals surface area contributed by atoms with E-state index in [-0.39, 0.29) is 39.9 Å². The lowest BCUT2D eigenvalue weighted by Gasteiger charge is -1.92. The predicted octanol–water partition coefficient (Wildman–Crippen LogP) is 1.01. The van der Waals surface area contributed by atoms with Crippen LogP contribution in [0, 0.1) is 0 Å². The molecule has 13 heavy (non-hydrogen) atoms. The molecule has 0 amide bonds. The summed E-state index contributed by atoms with van der Waals surface area (Å²) in [5, 5.41) is 17.1. The molecule has 0 aliphatic rings. The van der Waals surface area contributed by atoms with Crippen molar-refractivity contribution in [1.82, 2.24) is 6.15 Å². The molecule has 0 aliphatic heterocycles. The fourth-order valence-electron chi connectivity index (χ4n) is 0.604. The van der Waals surface area contributed by atoms with Crippen molar-refractivity contribution in [2.24, 2.45) is 0 Å². The van der Waals surface area contributed by atoms with Crippen molar-refractivity contribution >= 4 is 23.0 Å². The number of phenolic OH excluding ortho intramolecular Hbond substituents is 1. The van der Waals surface area contributed by atoms with Crippen LogP contribution in [0.25, 0.3) is 0 Å². The van der Waals surface area contributed by atoms with E-state index < -0.39 is 5.97 Å². The topological polar surface area (TPSA) is 124 Å². The van der Waals surface area contributed by atoms with Crippen LogP contribution in [-0.4, -0.2) is 21.7 Å². The summed E-state index contributed by atoms with van der Waals surface area (Å²) in [5.74, 6) is -0.912. The molecule has 76 valence electrons. The van der Waals surface area contributed by atoms with Gasteiger partial charge in [0.2, 0.25) is 0 Å². The summed E-state index contributed by atoms with van der Waals surface area (Å²) in [6.07, 6.45) is 0. The summed E-state index contributed by atoms with van der Waals surface area (Å²) in [4.78, 5) is 10.2. The number of aromatic carboxylic acids is 1. The van der Waals surface area contributed by atoms with E-state index >= 15 is 0 Å². The third-order valence-electron chi connectivity index (χ3n) is 1.11. The molecule has 0 aliphatic carbocycles. The molecular weight excluding hydrogens is 242 g/mol. The molecule has 0 saturated heterocycles. The summed E-state index contributed by atoms with van der Waals surface area (Å²) in [7, 11) is 0. The van der Waals surface area contributed by atoms with Gasteiger partial charge >= 0.3 is 5.97 Å². The predicted molar refractivity (Wildman–Crippen MR) is 54.0 cm³/mol. The van der Waals surface area contributed by atoms with E-state index in [0.29, 0.717) is 0 Å². The Kier molecular flexibility index (Phi) is 10.3. The quantitative estimate of drug-likeness (QED) is 0.691. The van der Waals surface area contributed by atoms with Gasteiger partial charge in [0.1, 0.15) is 5.75 Å². The zero-order chi connectivity index (χ0) is 7.56. The number of rotatable bonds is 1. The third-order valence-corrected chi connectivity index (χ3v) is 1.11. The normalized spacial score (nSPS) is 7.08. The van der Waals surface area contributed by atoms with Crippen molar-refractivity contribution in [3.05, 3.63) is 29.8 Å². The van der Waals surface area contributed by atoms with Crippen molar-refractivity contribution in [1.29, 1.82) is 0 Å². The van der Waals surface area contributed by atoms with Crippen LogP contribution in [0.15, 0.2) is 24.3 Å². The number of carbonyl (C=O) groups is 1. The zero-order valence-corrected chi connectivity index (χ0v) is 8.44. The Labute approximate surface area is 85.7 Å². The number of phenols is 1. The number of carboxylic acids is 1. The highest BCUT2D eigenvalue weighted by molar-refractivity contribution is 8.93. The Bertz CT molecular complexity index is 249. The van der Waals surface area contributed by atoms with Gasteiger partial charge < -0.3 is 21.8 Å². The smallest absolute Gasteiger partial charge is 0.335 e. The number of benzene rings is 1. The average molecular weight is 254 g/mol. The van der Waals surface area contributed by atoms with Crippen LogP contribution in [0.5, 0.6) is 5.75 Å². The minimum Gasteiger partial charge on any atom is -0.508 e. The second-order valence-corrected chi connectivity index (χ2v) is 1.85. The fourth-order valence-corrected chi connectivity index (χ4v) is 0.604. The number of hydrogen-bond acceptors (Lipinski definition) is 3. The number of carboxylic acid groups (broad SMARTS) is 1. The Morgan fingerprint density at radius 3 is 1.85 bits per heavy atom. The van der Waals surface area contributed by atoms with Crippen molar-refractivity contribution in [2.45, 2.75) is 0 Å². The Hall–Kier alpha value is -1.11. The number of halogens is 1. The summed E-state index contributed by atoms with van der Waals surface area (Å²) < 4.78 is 0. The lowest BCUT2D eigenvalue weighted by Crippen LogP contribution is -1.93. The van der Waals surface area contributed by atoms with Gasteiger partial charge in [-0.25, -0.2) is 4.79 Å². The van der Waals surface area contributed by atoms with Gasteiger partial charge in [-0.15, -0.1) is 17.0 Å². The van der Waals surface area contributed by atoms with Gasteiger partial charge in [0, 0.05) is 0 Å². The lowest BCUT2D eigenvalue weighted by atomic mass is 10.2. The van der Waals surface area contributed by atoms with Crippen LogP contribution >= 0.6 is 17.0 Å². The van der Waals surface area contributed by atoms with Crippen LogP contribution in [0.1, 0.15) is 10.4 Å². The number of hydrogen-bond donors (Lipinski definition) is 3. The zero-order valence-electron chi connectivity index (χ0n) is 6.73. The molecule has 0 aromatic heterocycles. The van der Waals surface area contributed by atoms with Gasteiger partial charge in [-0.05, 0) is 24.3 Å². The highest BCUT2D eigenvalue weighted by Crippen LogP contribution is 2.08. The fraction of sp³-hybridized carbons (Fsp3) is 0. The molecule has 0 saturated carbocycles. The van der Waals surface area contributed by atoms with Crippen LogP contribution in [0.4, 0.5) is 0 Å². The molecule has 0 atom stereocenters. The molecular formula is C7H12BrNO4. The first-order valence-corrected chi connectivity index (χ1v) is 2.72. The molecule has 0 unspecified atom stereocenters. The molecule has 0 heterocycles. The third kappa shape index (κ3) is 5.18. The van der Waals surface area contributed by atoms with Gasteiger partial charge in [-0.1, -0.05) is 0 Å². The SMILES string of the molecule is Br.N.O.O=C(O)c1ccc(O)cc1. The molecule has 1 aromatic rings. The van der Waals surface area contributed by atoms with Crippen molar-refractivity contribution in [3.8, 4) is 5.75 Å². The summed E-state index contributed by atoms with van der Waals surface area (Å²) in [6, 6.07) is 5.36. The van der Waals surface area contributed by atoms with Crippen LogP contribution in [-0.2, 0) is 0 Å². The first kappa shape index (κ1) is 17.8. The van der Waals surface area contributed by atoms with E-state index in [0.717, 1.165) is 0 Å². The summed E-state index contributed by atoms with van der Waals surface area (Å²) in [6.45, 7) is 0. The Morgan fingerprint density at radius 1 is 1.15 bits per heavy atom. The molecule has 1 rings (SSSR count). The van der Waals surface area contributed by atoms with Gasteiger partial charge in [0.15, 0.2) is 0 Å². The molecule has 1 aromatic carbocycles. The van der Waals surface area contributed by atoms with Gasteiger partial charge in [-0.3, -0.25) is 0 Å². The maximum Gasteiger partial charge on any atom is 0.335 e. The summed E-state index contributed by atoms with van der Waals surface area (Å²) >= 11 is 0. The monoisotopic (exact) mass is 253 g/mol. The number of aromatic hydroxyl groups is 1. The molecule has 0 fully saturated rings. The second-order valence-electron chi connectivity index (χ2n) is 1.85. The second kappa shape index (κ2) is 7.53. The first-order chi connectivity index (χ1) is 4.70. The average Bonchev–Trinajstić information content (AvgIpc) is 1.88. The van der Waals surface area contributed by atoms with Gasteiger partial charge in [0.25, 0.3) is 0 Å². The van der Waals surface area contributed by atoms with E-state index in [1.165, 1.54) is 24.3 Å². The minimum atomic E-state index is -0.986. The molecule has 0 radical (unpaired) electrons. The molecule has 6 heteroatoms. The minimum absolute atomic E-state index is 0. The van der Waals surface area contributed by atoms with Crippen molar-refractivity contribution < 1.29 is 20.5 Å². The van der Waals surface area contributed by atoms with E-state index in [1.807, 2.05) is 0 Å². The van der Waals surface area contributed by atoms with E-state index in [9.17, 15) is 4.79 Å². The molecule has 0 bridgehead atoms. The summed E-state index contributed by atoms with van der Waals surface area (Å²) in [5.41, 5.74) is 0.179. The van der Waals surface area contributed by atoms with E-state index in [2.05, 4.69) is 0 Å². The highest BCUT2D eigenvalue weighted by Gasteiger charge is 1.99. The molecule has 0 spiro atoms. The highest BCUT2D eigenvalue weighted by atomic mass is 79.9. The molecule has 7 N–H and O–H groups in total. The van der Waals surface area contributed by atoms with E-state index in [4.69, 9.17) is 10.2 Å². The van der Waals surface area contributed by atoms with Gasteiger partial charge in [0.05, 0.1) is 5.56 Å². The van der Waals surface area contributed by atoms with Crippen molar-refractivity contribution in [3.63, 3.8) is 0 Å². The standard InChI is InChI=1S/C7H6O3.BrH.H3N.H2O/c8-6-3-1-5(2-4-6)7(9)10;;;/h1-4,8H,(H,9,10);1H;1H3;1H2. The van der Waals surface area contributed by atoms with Crippen molar-refractivity contribution in [2.75, 3.05) is 0 Å². The molecule has 5 nitrogen and oxygen atoms in total. The largest absolute Gasteiger partial charge is 0.508 e. The maximum absolute atomic E-state index is 10.2. The lowest BCUT2D eigenvalue weighted by molar-refractivity contribution is 0.0697. The Morgan fingerprint density at radius 2 is 1.54 bits per heavy atom. The maximum atomic E-state index is 10.2. The Balaban J connectivity index is -0.000000333.